The second-order valence-electron chi connectivity index (χ2n) is 9.91. The van der Waals surface area contributed by atoms with Crippen molar-refractivity contribution in [3.8, 4) is 11.5 Å². The van der Waals surface area contributed by atoms with Crippen molar-refractivity contribution >= 4 is 43.5 Å². The standard InChI is InChI=1S/C28H36BrN3O6S/c1-3-39(35,36)32(24-12-13-25-26(17-24)38-15-14-37-25)19-27(33)31(18-21-8-7-9-22(29)16-21)20(2)28(34)30-23-10-5-4-6-11-23/h7-9,12-13,16-17,20,23H,3-6,10-11,14-15,18-19H2,1-2H3,(H,30,34)/t20-/m0/s1. The van der Waals surface area contributed by atoms with E-state index in [0.29, 0.717) is 30.4 Å². The van der Waals surface area contributed by atoms with Crippen LogP contribution in [0.25, 0.3) is 0 Å². The van der Waals surface area contributed by atoms with E-state index in [1.807, 2.05) is 24.3 Å². The molecule has 2 aliphatic rings. The summed E-state index contributed by atoms with van der Waals surface area (Å²) in [7, 11) is -3.84. The van der Waals surface area contributed by atoms with Gasteiger partial charge in [-0.1, -0.05) is 47.3 Å². The molecule has 1 atom stereocenters. The van der Waals surface area contributed by atoms with Gasteiger partial charge < -0.3 is 19.7 Å². The predicted molar refractivity (Wildman–Crippen MR) is 153 cm³/mol. The number of sulfonamides is 1. The molecule has 0 bridgehead atoms. The number of fused-ring (bicyclic) bond motifs is 1. The van der Waals surface area contributed by atoms with Crippen LogP contribution in [-0.2, 0) is 26.2 Å². The molecule has 0 saturated heterocycles. The summed E-state index contributed by atoms with van der Waals surface area (Å²) in [5, 5.41) is 3.11. The third-order valence-electron chi connectivity index (χ3n) is 7.15. The van der Waals surface area contributed by atoms with E-state index in [0.717, 1.165) is 46.4 Å². The molecular weight excluding hydrogens is 586 g/mol. The summed E-state index contributed by atoms with van der Waals surface area (Å²) in [6.07, 6.45) is 5.14. The molecule has 1 aliphatic carbocycles. The number of benzene rings is 2. The molecule has 0 spiro atoms. The molecule has 4 rings (SSSR count). The second kappa shape index (κ2) is 13.0. The minimum atomic E-state index is -3.84. The molecule has 1 heterocycles. The van der Waals surface area contributed by atoms with Crippen LogP contribution >= 0.6 is 15.9 Å². The summed E-state index contributed by atoms with van der Waals surface area (Å²) in [6, 6.07) is 11.6. The molecule has 2 amide bonds. The van der Waals surface area contributed by atoms with E-state index in [4.69, 9.17) is 9.47 Å². The van der Waals surface area contributed by atoms with Crippen LogP contribution < -0.4 is 19.1 Å². The molecule has 2 aromatic carbocycles. The molecule has 9 nitrogen and oxygen atoms in total. The van der Waals surface area contributed by atoms with Gasteiger partial charge >= 0.3 is 0 Å². The van der Waals surface area contributed by atoms with Crippen molar-refractivity contribution in [3.05, 3.63) is 52.5 Å². The molecule has 11 heteroatoms. The fourth-order valence-corrected chi connectivity index (χ4v) is 6.39. The van der Waals surface area contributed by atoms with Crippen LogP contribution in [-0.4, -0.2) is 62.7 Å². The van der Waals surface area contributed by atoms with E-state index in [9.17, 15) is 18.0 Å². The molecule has 39 heavy (non-hydrogen) atoms. The molecular formula is C28H36BrN3O6S. The molecule has 212 valence electrons. The van der Waals surface area contributed by atoms with Crippen molar-refractivity contribution in [1.82, 2.24) is 10.2 Å². The molecule has 1 saturated carbocycles. The van der Waals surface area contributed by atoms with Gasteiger partial charge in [-0.3, -0.25) is 13.9 Å². The highest BCUT2D eigenvalue weighted by Crippen LogP contribution is 2.35. The van der Waals surface area contributed by atoms with Crippen molar-refractivity contribution in [2.45, 2.75) is 64.6 Å². The number of hydrogen-bond donors (Lipinski definition) is 1. The lowest BCUT2D eigenvalue weighted by Gasteiger charge is -2.33. The summed E-state index contributed by atoms with van der Waals surface area (Å²) < 4.78 is 39.5. The van der Waals surface area contributed by atoms with Crippen molar-refractivity contribution in [2.75, 3.05) is 29.8 Å². The number of hydrogen-bond acceptors (Lipinski definition) is 6. The van der Waals surface area contributed by atoms with Crippen LogP contribution in [0.5, 0.6) is 11.5 Å². The average molecular weight is 623 g/mol. The lowest BCUT2D eigenvalue weighted by molar-refractivity contribution is -0.139. The maximum Gasteiger partial charge on any atom is 0.244 e. The van der Waals surface area contributed by atoms with Gasteiger partial charge in [0.15, 0.2) is 11.5 Å². The van der Waals surface area contributed by atoms with Crippen LogP contribution in [0.3, 0.4) is 0 Å². The molecule has 1 N–H and O–H groups in total. The minimum absolute atomic E-state index is 0.0891. The van der Waals surface area contributed by atoms with E-state index in [1.165, 1.54) is 11.8 Å². The van der Waals surface area contributed by atoms with Crippen LogP contribution in [0.15, 0.2) is 46.9 Å². The summed E-state index contributed by atoms with van der Waals surface area (Å²) >= 11 is 3.46. The lowest BCUT2D eigenvalue weighted by Crippen LogP contribution is -2.53. The van der Waals surface area contributed by atoms with Gasteiger partial charge in [0.2, 0.25) is 21.8 Å². The number of nitrogens with one attached hydrogen (secondary N) is 1. The Labute approximate surface area is 239 Å². The average Bonchev–Trinajstić information content (AvgIpc) is 2.94. The van der Waals surface area contributed by atoms with Gasteiger partial charge in [0.25, 0.3) is 0 Å². The van der Waals surface area contributed by atoms with E-state index in [1.54, 1.807) is 25.1 Å². The number of carbonyl (C=O) groups is 2. The van der Waals surface area contributed by atoms with Crippen molar-refractivity contribution in [2.24, 2.45) is 0 Å². The first-order chi connectivity index (χ1) is 18.7. The first kappa shape index (κ1) is 29.2. The Hall–Kier alpha value is -2.79. The second-order valence-corrected chi connectivity index (χ2v) is 13.0. The van der Waals surface area contributed by atoms with E-state index >= 15 is 0 Å². The zero-order chi connectivity index (χ0) is 28.0. The fourth-order valence-electron chi connectivity index (χ4n) is 4.89. The minimum Gasteiger partial charge on any atom is -0.486 e. The molecule has 0 aromatic heterocycles. The highest BCUT2D eigenvalue weighted by Gasteiger charge is 2.32. The van der Waals surface area contributed by atoms with Crippen molar-refractivity contribution in [3.63, 3.8) is 0 Å². The first-order valence-electron chi connectivity index (χ1n) is 13.4. The Kier molecular flexibility index (Phi) is 9.76. The molecule has 1 aliphatic heterocycles. The highest BCUT2D eigenvalue weighted by molar-refractivity contribution is 9.10. The first-order valence-corrected chi connectivity index (χ1v) is 15.8. The third kappa shape index (κ3) is 7.45. The van der Waals surface area contributed by atoms with Crippen LogP contribution in [0.2, 0.25) is 0 Å². The van der Waals surface area contributed by atoms with Gasteiger partial charge in [-0.05, 0) is 56.5 Å². The Morgan fingerprint density at radius 2 is 1.77 bits per heavy atom. The van der Waals surface area contributed by atoms with Crippen LogP contribution in [0.1, 0.15) is 51.5 Å². The SMILES string of the molecule is CCS(=O)(=O)N(CC(=O)N(Cc1cccc(Br)c1)[C@@H](C)C(=O)NC1CCCCC1)c1ccc2c(c1)OCCO2. The van der Waals surface area contributed by atoms with Gasteiger partial charge in [0.05, 0.1) is 11.4 Å². The van der Waals surface area contributed by atoms with Gasteiger partial charge in [-0.2, -0.15) is 0 Å². The lowest BCUT2D eigenvalue weighted by atomic mass is 9.95. The maximum absolute atomic E-state index is 13.9. The summed E-state index contributed by atoms with van der Waals surface area (Å²) in [5.74, 6) is 0.0313. The number of halogens is 1. The van der Waals surface area contributed by atoms with Gasteiger partial charge in [0, 0.05) is 23.1 Å². The summed E-state index contributed by atoms with van der Waals surface area (Å²) in [5.41, 5.74) is 1.12. The van der Waals surface area contributed by atoms with Crippen LogP contribution in [0, 0.1) is 0 Å². The van der Waals surface area contributed by atoms with Crippen LogP contribution in [0.4, 0.5) is 5.69 Å². The van der Waals surface area contributed by atoms with E-state index in [2.05, 4.69) is 21.2 Å². The monoisotopic (exact) mass is 621 g/mol. The number of carbonyl (C=O) groups excluding carboxylic acids is 2. The van der Waals surface area contributed by atoms with Crippen molar-refractivity contribution < 1.29 is 27.5 Å². The Morgan fingerprint density at radius 3 is 2.46 bits per heavy atom. The number of ether oxygens (including phenoxy) is 2. The molecule has 1 fully saturated rings. The highest BCUT2D eigenvalue weighted by atomic mass is 79.9. The number of amides is 2. The third-order valence-corrected chi connectivity index (χ3v) is 9.39. The number of nitrogens with zero attached hydrogens (tertiary/aromatic N) is 2. The van der Waals surface area contributed by atoms with Gasteiger partial charge in [-0.25, -0.2) is 8.42 Å². The zero-order valence-electron chi connectivity index (χ0n) is 22.4. The molecule has 0 radical (unpaired) electrons. The normalized spacial score (nSPS) is 16.3. The Balaban J connectivity index is 1.61. The number of rotatable bonds is 10. The van der Waals surface area contributed by atoms with Gasteiger partial charge in [0.1, 0.15) is 25.8 Å². The summed E-state index contributed by atoms with van der Waals surface area (Å²) in [6.45, 7) is 3.68. The number of anilines is 1. The molecule has 0 unspecified atom stereocenters. The summed E-state index contributed by atoms with van der Waals surface area (Å²) in [4.78, 5) is 28.6. The smallest absolute Gasteiger partial charge is 0.244 e. The largest absolute Gasteiger partial charge is 0.486 e. The van der Waals surface area contributed by atoms with E-state index < -0.39 is 28.5 Å². The van der Waals surface area contributed by atoms with Gasteiger partial charge in [-0.15, -0.1) is 0 Å². The maximum atomic E-state index is 13.9. The Morgan fingerprint density at radius 1 is 1.05 bits per heavy atom. The van der Waals surface area contributed by atoms with Crippen molar-refractivity contribution in [1.29, 1.82) is 0 Å². The van der Waals surface area contributed by atoms with E-state index in [-0.39, 0.29) is 24.2 Å². The Bertz CT molecular complexity index is 1280. The molecule has 2 aromatic rings. The quantitative estimate of drug-likeness (QED) is 0.425. The zero-order valence-corrected chi connectivity index (χ0v) is 24.8. The topological polar surface area (TPSA) is 105 Å². The predicted octanol–water partition coefficient (Wildman–Crippen LogP) is 4.24. The fraction of sp³-hybridized carbons (Fsp3) is 0.500.